The molecule has 0 saturated heterocycles. The molecular weight excluding hydrogens is 263 g/mol. The van der Waals surface area contributed by atoms with Gasteiger partial charge in [0.15, 0.2) is 17.4 Å². The van der Waals surface area contributed by atoms with Gasteiger partial charge in [0.2, 0.25) is 5.82 Å². The Morgan fingerprint density at radius 2 is 1.89 bits per heavy atom. The van der Waals surface area contributed by atoms with Gasteiger partial charge in [-0.15, -0.1) is 0 Å². The summed E-state index contributed by atoms with van der Waals surface area (Å²) in [6, 6.07) is -0.309. The molecule has 0 bridgehead atoms. The summed E-state index contributed by atoms with van der Waals surface area (Å²) in [7, 11) is 0. The van der Waals surface area contributed by atoms with Crippen molar-refractivity contribution in [1.82, 2.24) is 5.32 Å². The minimum absolute atomic E-state index is 0.143. The SMILES string of the molecule is CC(C)[C@@H](CO)NC(=O)c1cc(F)c(F)c(O)c1F. The summed E-state index contributed by atoms with van der Waals surface area (Å²) in [5, 5.41) is 20.3. The third kappa shape index (κ3) is 3.17. The monoisotopic (exact) mass is 277 g/mol. The number of hydrogen-bond donors (Lipinski definition) is 3. The highest BCUT2D eigenvalue weighted by Crippen LogP contribution is 2.25. The van der Waals surface area contributed by atoms with Crippen LogP contribution in [-0.2, 0) is 0 Å². The van der Waals surface area contributed by atoms with Gasteiger partial charge in [-0.25, -0.2) is 8.78 Å². The number of aliphatic hydroxyl groups excluding tert-OH is 1. The number of aromatic hydroxyl groups is 1. The molecule has 0 aliphatic rings. The number of aliphatic hydroxyl groups is 1. The maximum absolute atomic E-state index is 13.5. The van der Waals surface area contributed by atoms with Crippen LogP contribution in [0, 0.1) is 23.4 Å². The summed E-state index contributed by atoms with van der Waals surface area (Å²) in [6.07, 6.45) is 0. The van der Waals surface area contributed by atoms with Gasteiger partial charge < -0.3 is 15.5 Å². The number of carbonyl (C=O) groups excluding carboxylic acids is 1. The van der Waals surface area contributed by atoms with Crippen LogP contribution >= 0.6 is 0 Å². The Morgan fingerprint density at radius 3 is 2.37 bits per heavy atom. The molecule has 3 N–H and O–H groups in total. The predicted octanol–water partition coefficient (Wildman–Crippen LogP) is 1.56. The zero-order valence-electron chi connectivity index (χ0n) is 10.4. The molecule has 0 saturated carbocycles. The summed E-state index contributed by atoms with van der Waals surface area (Å²) in [5.74, 6) is -7.56. The van der Waals surface area contributed by atoms with Crippen molar-refractivity contribution >= 4 is 5.91 Å². The van der Waals surface area contributed by atoms with Crippen LogP contribution in [0.4, 0.5) is 13.2 Å². The highest BCUT2D eigenvalue weighted by molar-refractivity contribution is 5.95. The van der Waals surface area contributed by atoms with Gasteiger partial charge in [-0.2, -0.15) is 4.39 Å². The molecule has 4 nitrogen and oxygen atoms in total. The van der Waals surface area contributed by atoms with Gasteiger partial charge in [-0.3, -0.25) is 4.79 Å². The van der Waals surface area contributed by atoms with Crippen molar-refractivity contribution in [2.45, 2.75) is 19.9 Å². The van der Waals surface area contributed by atoms with Crippen molar-refractivity contribution in [1.29, 1.82) is 0 Å². The van der Waals surface area contributed by atoms with E-state index in [1.807, 2.05) is 0 Å². The van der Waals surface area contributed by atoms with Gasteiger partial charge in [-0.05, 0) is 12.0 Å². The number of phenols is 1. The van der Waals surface area contributed by atoms with E-state index in [2.05, 4.69) is 5.32 Å². The van der Waals surface area contributed by atoms with Crippen molar-refractivity contribution in [3.8, 4) is 5.75 Å². The maximum atomic E-state index is 13.5. The molecule has 7 heteroatoms. The molecule has 106 valence electrons. The quantitative estimate of drug-likeness (QED) is 0.731. The van der Waals surface area contributed by atoms with Crippen LogP contribution in [0.1, 0.15) is 24.2 Å². The minimum atomic E-state index is -1.75. The molecule has 1 rings (SSSR count). The largest absolute Gasteiger partial charge is 0.503 e. The predicted molar refractivity (Wildman–Crippen MR) is 61.2 cm³/mol. The topological polar surface area (TPSA) is 69.6 Å². The number of halogens is 3. The van der Waals surface area contributed by atoms with Crippen LogP contribution in [0.5, 0.6) is 5.75 Å². The van der Waals surface area contributed by atoms with E-state index in [1.165, 1.54) is 0 Å². The third-order valence-electron chi connectivity index (χ3n) is 2.70. The standard InChI is InChI=1S/C12H14F3NO3/c1-5(2)8(4-17)16-12(19)6-3-7(13)10(15)11(18)9(6)14/h3,5,8,17-18H,4H2,1-2H3,(H,16,19)/t8-/m1/s1. The number of carbonyl (C=O) groups is 1. The van der Waals surface area contributed by atoms with Crippen LogP contribution < -0.4 is 5.32 Å². The Labute approximate surface area is 107 Å². The molecule has 1 amide bonds. The highest BCUT2D eigenvalue weighted by Gasteiger charge is 2.24. The van der Waals surface area contributed by atoms with Gasteiger partial charge in [0.1, 0.15) is 0 Å². The van der Waals surface area contributed by atoms with Crippen molar-refractivity contribution < 1.29 is 28.2 Å². The van der Waals surface area contributed by atoms with Gasteiger partial charge in [-0.1, -0.05) is 13.8 Å². The average molecular weight is 277 g/mol. The lowest BCUT2D eigenvalue weighted by Crippen LogP contribution is -2.41. The molecule has 0 aliphatic heterocycles. The van der Waals surface area contributed by atoms with Gasteiger partial charge in [0, 0.05) is 0 Å². The van der Waals surface area contributed by atoms with E-state index < -0.39 is 40.7 Å². The van der Waals surface area contributed by atoms with Crippen LogP contribution in [0.15, 0.2) is 6.07 Å². The molecule has 0 unspecified atom stereocenters. The fraction of sp³-hybridized carbons (Fsp3) is 0.417. The van der Waals surface area contributed by atoms with E-state index in [0.717, 1.165) is 0 Å². The molecule has 0 aliphatic carbocycles. The van der Waals surface area contributed by atoms with Crippen LogP contribution in [-0.4, -0.2) is 28.8 Å². The van der Waals surface area contributed by atoms with E-state index in [0.29, 0.717) is 6.07 Å². The van der Waals surface area contributed by atoms with Crippen molar-refractivity contribution in [2.24, 2.45) is 5.92 Å². The van der Waals surface area contributed by atoms with Crippen LogP contribution in [0.2, 0.25) is 0 Å². The molecule has 0 radical (unpaired) electrons. The number of phenolic OH excluding ortho intramolecular Hbond substituents is 1. The number of amides is 1. The molecule has 1 aromatic carbocycles. The molecule has 0 heterocycles. The number of nitrogens with one attached hydrogen (secondary N) is 1. The fourth-order valence-electron chi connectivity index (χ4n) is 1.42. The summed E-state index contributed by atoms with van der Waals surface area (Å²) in [4.78, 5) is 11.7. The first-order valence-corrected chi connectivity index (χ1v) is 5.57. The van der Waals surface area contributed by atoms with Crippen molar-refractivity contribution in [2.75, 3.05) is 6.61 Å². The Balaban J connectivity index is 3.07. The minimum Gasteiger partial charge on any atom is -0.503 e. The summed E-state index contributed by atoms with van der Waals surface area (Å²) in [6.45, 7) is 3.03. The zero-order chi connectivity index (χ0) is 14.7. The third-order valence-corrected chi connectivity index (χ3v) is 2.70. The van der Waals surface area contributed by atoms with Crippen molar-refractivity contribution in [3.63, 3.8) is 0 Å². The van der Waals surface area contributed by atoms with Crippen LogP contribution in [0.3, 0.4) is 0 Å². The summed E-state index contributed by atoms with van der Waals surface area (Å²) >= 11 is 0. The zero-order valence-corrected chi connectivity index (χ0v) is 10.4. The lowest BCUT2D eigenvalue weighted by atomic mass is 10.0. The molecule has 0 spiro atoms. The Kier molecular flexibility index (Phi) is 4.77. The number of rotatable bonds is 4. The van der Waals surface area contributed by atoms with Gasteiger partial charge in [0.25, 0.3) is 5.91 Å². The van der Waals surface area contributed by atoms with E-state index in [9.17, 15) is 18.0 Å². The molecule has 0 fully saturated rings. The van der Waals surface area contributed by atoms with Gasteiger partial charge in [0.05, 0.1) is 18.2 Å². The second-order valence-corrected chi connectivity index (χ2v) is 4.39. The van der Waals surface area contributed by atoms with E-state index in [1.54, 1.807) is 13.8 Å². The smallest absolute Gasteiger partial charge is 0.254 e. The van der Waals surface area contributed by atoms with Gasteiger partial charge >= 0.3 is 0 Å². The number of benzene rings is 1. The normalized spacial score (nSPS) is 12.6. The molecule has 1 aromatic rings. The van der Waals surface area contributed by atoms with E-state index in [-0.39, 0.29) is 12.5 Å². The van der Waals surface area contributed by atoms with Crippen molar-refractivity contribution in [3.05, 3.63) is 29.1 Å². The average Bonchev–Trinajstić information content (AvgIpc) is 2.36. The van der Waals surface area contributed by atoms with Crippen LogP contribution in [0.25, 0.3) is 0 Å². The molecule has 1 atom stereocenters. The molecular formula is C12H14F3NO3. The van der Waals surface area contributed by atoms with E-state index >= 15 is 0 Å². The lowest BCUT2D eigenvalue weighted by Gasteiger charge is -2.20. The Hall–Kier alpha value is -1.76. The number of hydrogen-bond acceptors (Lipinski definition) is 3. The summed E-state index contributed by atoms with van der Waals surface area (Å²) in [5.41, 5.74) is -0.824. The van der Waals surface area contributed by atoms with E-state index in [4.69, 9.17) is 10.2 Å². The molecule has 19 heavy (non-hydrogen) atoms. The fourth-order valence-corrected chi connectivity index (χ4v) is 1.42. The molecule has 0 aromatic heterocycles. The Morgan fingerprint density at radius 1 is 1.32 bits per heavy atom. The first kappa shape index (κ1) is 15.3. The Bertz CT molecular complexity index is 492. The summed E-state index contributed by atoms with van der Waals surface area (Å²) < 4.78 is 39.4. The highest BCUT2D eigenvalue weighted by atomic mass is 19.2. The lowest BCUT2D eigenvalue weighted by molar-refractivity contribution is 0.0891. The maximum Gasteiger partial charge on any atom is 0.254 e. The first-order valence-electron chi connectivity index (χ1n) is 5.57. The second kappa shape index (κ2) is 5.92. The first-order chi connectivity index (χ1) is 8.79. The second-order valence-electron chi connectivity index (χ2n) is 4.39.